The summed E-state index contributed by atoms with van der Waals surface area (Å²) in [6.07, 6.45) is 0. The van der Waals surface area contributed by atoms with Crippen LogP contribution in [0.15, 0.2) is 56.1 Å². The Labute approximate surface area is 166 Å². The van der Waals surface area contributed by atoms with E-state index in [2.05, 4.69) is 0 Å². The maximum atomic E-state index is 12.8. The van der Waals surface area contributed by atoms with E-state index in [0.29, 0.717) is 22.3 Å². The van der Waals surface area contributed by atoms with E-state index < -0.39 is 11.6 Å². The molecule has 2 heterocycles. The molecular weight excluding hydrogens is 372 g/mol. The van der Waals surface area contributed by atoms with E-state index in [-0.39, 0.29) is 19.0 Å². The van der Waals surface area contributed by atoms with Gasteiger partial charge in [0.1, 0.15) is 17.8 Å². The van der Waals surface area contributed by atoms with Crippen LogP contribution < -0.4 is 5.63 Å². The van der Waals surface area contributed by atoms with E-state index in [0.717, 1.165) is 21.9 Å². The maximum absolute atomic E-state index is 12.8. The summed E-state index contributed by atoms with van der Waals surface area (Å²) < 4.78 is 21.8. The van der Waals surface area contributed by atoms with Gasteiger partial charge in [0.2, 0.25) is 5.76 Å². The molecule has 148 valence electrons. The molecule has 2 aromatic carbocycles. The lowest BCUT2D eigenvalue weighted by atomic mass is 10.0. The topological polar surface area (TPSA) is 78.9 Å². The average molecular weight is 392 g/mol. The highest BCUT2D eigenvalue weighted by molar-refractivity contribution is 5.96. The van der Waals surface area contributed by atoms with Crippen molar-refractivity contribution in [1.29, 1.82) is 0 Å². The Morgan fingerprint density at radius 2 is 1.79 bits per heavy atom. The molecule has 0 bridgehead atoms. The van der Waals surface area contributed by atoms with Crippen LogP contribution in [0, 0.1) is 13.8 Å². The number of hydrogen-bond donors (Lipinski definition) is 0. The van der Waals surface area contributed by atoms with E-state index in [1.165, 1.54) is 6.07 Å². The molecule has 0 aliphatic heterocycles. The molecule has 0 atom stereocenters. The summed E-state index contributed by atoms with van der Waals surface area (Å²) in [5.74, 6) is -0.508. The average Bonchev–Trinajstić information content (AvgIpc) is 3.08. The molecule has 0 saturated heterocycles. The van der Waals surface area contributed by atoms with Crippen LogP contribution in [0.5, 0.6) is 0 Å². The predicted molar refractivity (Wildman–Crippen MR) is 108 cm³/mol. The largest absolute Gasteiger partial charge is 0.455 e. The van der Waals surface area contributed by atoms with Crippen LogP contribution in [0.1, 0.15) is 32.8 Å². The highest BCUT2D eigenvalue weighted by Gasteiger charge is 2.22. The third kappa shape index (κ3) is 3.43. The summed E-state index contributed by atoms with van der Waals surface area (Å²) in [7, 11) is 1.55. The molecule has 0 spiro atoms. The van der Waals surface area contributed by atoms with Gasteiger partial charge in [-0.3, -0.25) is 0 Å². The molecule has 0 amide bonds. The van der Waals surface area contributed by atoms with Crippen molar-refractivity contribution in [2.75, 3.05) is 7.11 Å². The second-order valence-electron chi connectivity index (χ2n) is 6.89. The Kier molecular flexibility index (Phi) is 4.94. The Hall–Kier alpha value is -3.38. The Morgan fingerprint density at radius 3 is 2.59 bits per heavy atom. The van der Waals surface area contributed by atoms with Crippen molar-refractivity contribution in [2.45, 2.75) is 27.1 Å². The van der Waals surface area contributed by atoms with Gasteiger partial charge in [-0.1, -0.05) is 30.3 Å². The first-order chi connectivity index (χ1) is 14.0. The second kappa shape index (κ2) is 7.56. The lowest BCUT2D eigenvalue weighted by Crippen LogP contribution is -2.09. The number of carbonyl (C=O) groups is 1. The fourth-order valence-electron chi connectivity index (χ4n) is 3.40. The molecule has 0 aliphatic carbocycles. The number of aryl methyl sites for hydroxylation is 2. The number of hydrogen-bond acceptors (Lipinski definition) is 6. The predicted octanol–water partition coefficient (Wildman–Crippen LogP) is 4.66. The molecule has 4 rings (SSSR count). The number of esters is 1. The Bertz CT molecular complexity index is 1280. The standard InChI is InChI=1S/C23H20O6/c1-13-8-9-16-15(10-20(24)29-21(16)14(13)2)11-27-23(25)22-18(12-26-3)17-6-4-5-7-19(17)28-22/h4-10H,11-12H2,1-3H3. The van der Waals surface area contributed by atoms with Crippen molar-refractivity contribution in [3.8, 4) is 0 Å². The third-order valence-electron chi connectivity index (χ3n) is 5.05. The molecule has 0 radical (unpaired) electrons. The second-order valence-corrected chi connectivity index (χ2v) is 6.89. The zero-order chi connectivity index (χ0) is 20.5. The van der Waals surface area contributed by atoms with Gasteiger partial charge in [0.25, 0.3) is 0 Å². The van der Waals surface area contributed by atoms with Crippen molar-refractivity contribution in [3.63, 3.8) is 0 Å². The van der Waals surface area contributed by atoms with Crippen LogP contribution >= 0.6 is 0 Å². The summed E-state index contributed by atoms with van der Waals surface area (Å²) in [6.45, 7) is 3.98. The summed E-state index contributed by atoms with van der Waals surface area (Å²) in [5, 5.41) is 1.54. The summed E-state index contributed by atoms with van der Waals surface area (Å²) in [4.78, 5) is 24.7. The van der Waals surface area contributed by atoms with E-state index >= 15 is 0 Å². The first-order valence-electron chi connectivity index (χ1n) is 9.19. The van der Waals surface area contributed by atoms with Gasteiger partial charge in [0.05, 0.1) is 6.61 Å². The minimum atomic E-state index is -0.613. The SMILES string of the molecule is COCc1c(C(=O)OCc2cc(=O)oc3c(C)c(C)ccc23)oc2ccccc12. The maximum Gasteiger partial charge on any atom is 0.374 e. The first kappa shape index (κ1) is 19.0. The Balaban J connectivity index is 1.68. The minimum Gasteiger partial charge on any atom is -0.455 e. The van der Waals surface area contributed by atoms with Gasteiger partial charge in [-0.2, -0.15) is 0 Å². The molecule has 4 aromatic rings. The molecule has 0 N–H and O–H groups in total. The number of carbonyl (C=O) groups excluding carboxylic acids is 1. The molecule has 0 saturated carbocycles. The van der Waals surface area contributed by atoms with Crippen LogP contribution in [-0.4, -0.2) is 13.1 Å². The zero-order valence-electron chi connectivity index (χ0n) is 16.4. The van der Waals surface area contributed by atoms with Crippen LogP contribution in [-0.2, 0) is 22.7 Å². The van der Waals surface area contributed by atoms with Gasteiger partial charge in [0, 0.05) is 35.1 Å². The van der Waals surface area contributed by atoms with E-state index in [4.69, 9.17) is 18.3 Å². The molecule has 6 nitrogen and oxygen atoms in total. The molecule has 0 fully saturated rings. The minimum absolute atomic E-state index is 0.0765. The number of benzene rings is 2. The molecule has 0 unspecified atom stereocenters. The lowest BCUT2D eigenvalue weighted by molar-refractivity contribution is 0.0433. The number of fused-ring (bicyclic) bond motifs is 2. The van der Waals surface area contributed by atoms with Gasteiger partial charge < -0.3 is 18.3 Å². The number of furan rings is 1. The zero-order valence-corrected chi connectivity index (χ0v) is 16.4. The van der Waals surface area contributed by atoms with Crippen molar-refractivity contribution < 1.29 is 23.1 Å². The van der Waals surface area contributed by atoms with Crippen LogP contribution in [0.3, 0.4) is 0 Å². The normalized spacial score (nSPS) is 11.3. The monoisotopic (exact) mass is 392 g/mol. The Morgan fingerprint density at radius 1 is 1.00 bits per heavy atom. The van der Waals surface area contributed by atoms with Crippen molar-refractivity contribution in [3.05, 3.63) is 80.9 Å². The third-order valence-corrected chi connectivity index (χ3v) is 5.05. The summed E-state index contributed by atoms with van der Waals surface area (Å²) in [6, 6.07) is 12.5. The van der Waals surface area contributed by atoms with Crippen molar-refractivity contribution >= 4 is 27.9 Å². The highest BCUT2D eigenvalue weighted by atomic mass is 16.5. The molecular formula is C23H20O6. The van der Waals surface area contributed by atoms with Gasteiger partial charge >= 0.3 is 11.6 Å². The number of para-hydroxylation sites is 1. The van der Waals surface area contributed by atoms with Gasteiger partial charge in [0.15, 0.2) is 0 Å². The number of methoxy groups -OCH3 is 1. The smallest absolute Gasteiger partial charge is 0.374 e. The molecule has 6 heteroatoms. The summed E-state index contributed by atoms with van der Waals surface area (Å²) >= 11 is 0. The van der Waals surface area contributed by atoms with E-state index in [1.807, 2.05) is 44.2 Å². The number of rotatable bonds is 5. The van der Waals surface area contributed by atoms with Crippen LogP contribution in [0.25, 0.3) is 21.9 Å². The van der Waals surface area contributed by atoms with Gasteiger partial charge in [-0.05, 0) is 31.0 Å². The molecule has 29 heavy (non-hydrogen) atoms. The fraction of sp³-hybridized carbons (Fsp3) is 0.217. The quantitative estimate of drug-likeness (QED) is 0.363. The highest BCUT2D eigenvalue weighted by Crippen LogP contribution is 2.28. The van der Waals surface area contributed by atoms with Gasteiger partial charge in [-0.15, -0.1) is 0 Å². The number of ether oxygens (including phenoxy) is 2. The molecule has 0 aliphatic rings. The van der Waals surface area contributed by atoms with Crippen molar-refractivity contribution in [2.24, 2.45) is 0 Å². The van der Waals surface area contributed by atoms with Crippen LogP contribution in [0.4, 0.5) is 0 Å². The van der Waals surface area contributed by atoms with Gasteiger partial charge in [-0.25, -0.2) is 9.59 Å². The molecule has 2 aromatic heterocycles. The lowest BCUT2D eigenvalue weighted by Gasteiger charge is -2.09. The summed E-state index contributed by atoms with van der Waals surface area (Å²) in [5.41, 5.74) is 3.72. The fourth-order valence-corrected chi connectivity index (χ4v) is 3.40. The first-order valence-corrected chi connectivity index (χ1v) is 9.19. The van der Waals surface area contributed by atoms with E-state index in [1.54, 1.807) is 13.2 Å². The van der Waals surface area contributed by atoms with Crippen LogP contribution in [0.2, 0.25) is 0 Å². The van der Waals surface area contributed by atoms with Crippen molar-refractivity contribution in [1.82, 2.24) is 0 Å². The van der Waals surface area contributed by atoms with E-state index in [9.17, 15) is 9.59 Å².